The summed E-state index contributed by atoms with van der Waals surface area (Å²) in [5.41, 5.74) is 5.42. The third-order valence-corrected chi connectivity index (χ3v) is 4.91. The van der Waals surface area contributed by atoms with Crippen LogP contribution in [0.25, 0.3) is 22.2 Å². The van der Waals surface area contributed by atoms with Crippen LogP contribution in [0.1, 0.15) is 29.8 Å². The quantitative estimate of drug-likeness (QED) is 0.480. The zero-order valence-corrected chi connectivity index (χ0v) is 16.5. The first-order chi connectivity index (χ1) is 14.0. The number of aryl methyl sites for hydroxylation is 2. The Morgan fingerprint density at radius 1 is 1.10 bits per heavy atom. The highest BCUT2D eigenvalue weighted by Crippen LogP contribution is 2.29. The number of rotatable bonds is 4. The number of aromatic amines is 1. The maximum atomic E-state index is 12.5. The van der Waals surface area contributed by atoms with Crippen LogP contribution in [0.2, 0.25) is 0 Å². The summed E-state index contributed by atoms with van der Waals surface area (Å²) >= 11 is 0. The molecule has 0 unspecified atom stereocenters. The topological polar surface area (TPSA) is 95.6 Å². The fraction of sp³-hybridized carbons (Fsp3) is 0.182. The molecule has 146 valence electrons. The van der Waals surface area contributed by atoms with Crippen molar-refractivity contribution < 1.29 is 4.79 Å². The molecule has 0 aliphatic carbocycles. The molecule has 2 amide bonds. The van der Waals surface area contributed by atoms with E-state index in [1.54, 1.807) is 12.4 Å². The van der Waals surface area contributed by atoms with Crippen molar-refractivity contribution in [3.8, 4) is 11.3 Å². The van der Waals surface area contributed by atoms with Crippen molar-refractivity contribution in [3.05, 3.63) is 71.7 Å². The number of anilines is 1. The standard InChI is InChI=1S/C22H22N6O/c1-13-11-17(9-10-23-13)20-18-12-24-21(14(2)19(18)27-28-20)26-22(29)25-15(3)16-7-5-4-6-8-16/h4-12,15H,1-3H3,(H,27,28)(H2,24,25,26,29)/t15-/m1/s1. The highest BCUT2D eigenvalue weighted by molar-refractivity contribution is 5.98. The van der Waals surface area contributed by atoms with Gasteiger partial charge in [-0.1, -0.05) is 30.3 Å². The number of nitrogens with one attached hydrogen (secondary N) is 3. The van der Waals surface area contributed by atoms with Gasteiger partial charge in [0.1, 0.15) is 11.5 Å². The van der Waals surface area contributed by atoms with Gasteiger partial charge in [-0.05, 0) is 38.5 Å². The second-order valence-corrected chi connectivity index (χ2v) is 7.01. The molecule has 29 heavy (non-hydrogen) atoms. The molecular formula is C22H22N6O. The van der Waals surface area contributed by atoms with E-state index in [9.17, 15) is 4.79 Å². The van der Waals surface area contributed by atoms with Crippen LogP contribution in [0.4, 0.5) is 10.6 Å². The lowest BCUT2D eigenvalue weighted by Crippen LogP contribution is -2.31. The number of pyridine rings is 2. The minimum Gasteiger partial charge on any atom is -0.331 e. The van der Waals surface area contributed by atoms with Crippen LogP contribution in [0.15, 0.2) is 54.9 Å². The highest BCUT2D eigenvalue weighted by atomic mass is 16.2. The van der Waals surface area contributed by atoms with Gasteiger partial charge in [0.2, 0.25) is 0 Å². The number of urea groups is 1. The number of amides is 2. The van der Waals surface area contributed by atoms with Gasteiger partial charge in [0.05, 0.1) is 11.6 Å². The van der Waals surface area contributed by atoms with Crippen LogP contribution in [0, 0.1) is 13.8 Å². The first kappa shape index (κ1) is 18.6. The number of H-pyrrole nitrogens is 1. The van der Waals surface area contributed by atoms with E-state index in [2.05, 4.69) is 30.8 Å². The fourth-order valence-electron chi connectivity index (χ4n) is 3.31. The number of fused-ring (bicyclic) bond motifs is 1. The molecule has 0 aliphatic rings. The first-order valence-electron chi connectivity index (χ1n) is 9.42. The van der Waals surface area contributed by atoms with E-state index in [0.29, 0.717) is 5.82 Å². The van der Waals surface area contributed by atoms with E-state index in [4.69, 9.17) is 0 Å². The predicted molar refractivity (Wildman–Crippen MR) is 114 cm³/mol. The molecule has 3 heterocycles. The largest absolute Gasteiger partial charge is 0.331 e. The Hall–Kier alpha value is -3.74. The summed E-state index contributed by atoms with van der Waals surface area (Å²) in [5, 5.41) is 14.2. The molecule has 0 saturated heterocycles. The summed E-state index contributed by atoms with van der Waals surface area (Å²) in [6.07, 6.45) is 3.49. The first-order valence-corrected chi connectivity index (χ1v) is 9.42. The molecule has 1 aromatic carbocycles. The number of hydrogen-bond acceptors (Lipinski definition) is 4. The summed E-state index contributed by atoms with van der Waals surface area (Å²) in [5.74, 6) is 0.497. The summed E-state index contributed by atoms with van der Waals surface area (Å²) < 4.78 is 0. The average molecular weight is 386 g/mol. The second kappa shape index (κ2) is 7.71. The molecule has 4 rings (SSSR count). The number of benzene rings is 1. The van der Waals surface area contributed by atoms with Gasteiger partial charge in [0.25, 0.3) is 0 Å². The van der Waals surface area contributed by atoms with E-state index in [0.717, 1.165) is 39.0 Å². The summed E-state index contributed by atoms with van der Waals surface area (Å²) in [6.45, 7) is 5.79. The number of nitrogens with zero attached hydrogens (tertiary/aromatic N) is 3. The minimum atomic E-state index is -0.305. The fourth-order valence-corrected chi connectivity index (χ4v) is 3.31. The van der Waals surface area contributed by atoms with Gasteiger partial charge in [-0.2, -0.15) is 5.10 Å². The Morgan fingerprint density at radius 2 is 1.90 bits per heavy atom. The van der Waals surface area contributed by atoms with Crippen molar-refractivity contribution in [2.75, 3.05) is 5.32 Å². The number of hydrogen-bond donors (Lipinski definition) is 3. The van der Waals surface area contributed by atoms with Gasteiger partial charge < -0.3 is 5.32 Å². The van der Waals surface area contributed by atoms with Crippen LogP contribution in [0.5, 0.6) is 0 Å². The molecular weight excluding hydrogens is 364 g/mol. The van der Waals surface area contributed by atoms with Crippen molar-refractivity contribution in [2.24, 2.45) is 0 Å². The van der Waals surface area contributed by atoms with Gasteiger partial charge in [-0.25, -0.2) is 9.78 Å². The minimum absolute atomic E-state index is 0.117. The van der Waals surface area contributed by atoms with Crippen LogP contribution in [0.3, 0.4) is 0 Å². The lowest BCUT2D eigenvalue weighted by molar-refractivity contribution is 0.249. The molecule has 3 N–H and O–H groups in total. The van der Waals surface area contributed by atoms with Gasteiger partial charge >= 0.3 is 6.03 Å². The Balaban J connectivity index is 1.56. The Kier molecular flexibility index (Phi) is 4.95. The highest BCUT2D eigenvalue weighted by Gasteiger charge is 2.16. The molecule has 7 heteroatoms. The third kappa shape index (κ3) is 3.80. The zero-order chi connectivity index (χ0) is 20.4. The second-order valence-electron chi connectivity index (χ2n) is 7.01. The maximum absolute atomic E-state index is 12.5. The molecule has 4 aromatic rings. The van der Waals surface area contributed by atoms with E-state index >= 15 is 0 Å². The van der Waals surface area contributed by atoms with Crippen LogP contribution in [-0.2, 0) is 0 Å². The number of aromatic nitrogens is 4. The van der Waals surface area contributed by atoms with Gasteiger partial charge in [0, 0.05) is 34.6 Å². The number of carbonyl (C=O) groups excluding carboxylic acids is 1. The van der Waals surface area contributed by atoms with Crippen molar-refractivity contribution >= 4 is 22.8 Å². The third-order valence-electron chi connectivity index (χ3n) is 4.91. The van der Waals surface area contributed by atoms with Crippen LogP contribution >= 0.6 is 0 Å². The molecule has 0 saturated carbocycles. The van der Waals surface area contributed by atoms with Crippen molar-refractivity contribution in [1.29, 1.82) is 0 Å². The molecule has 0 bridgehead atoms. The summed E-state index contributed by atoms with van der Waals surface area (Å²) in [6, 6.07) is 13.3. The van der Waals surface area contributed by atoms with Crippen LogP contribution < -0.4 is 10.6 Å². The monoisotopic (exact) mass is 386 g/mol. The van der Waals surface area contributed by atoms with Gasteiger partial charge in [0.15, 0.2) is 0 Å². The summed E-state index contributed by atoms with van der Waals surface area (Å²) in [4.78, 5) is 21.1. The lowest BCUT2D eigenvalue weighted by atomic mass is 10.1. The van der Waals surface area contributed by atoms with Gasteiger partial charge in [-0.3, -0.25) is 15.4 Å². The maximum Gasteiger partial charge on any atom is 0.320 e. The zero-order valence-electron chi connectivity index (χ0n) is 16.5. The molecule has 3 aromatic heterocycles. The van der Waals surface area contributed by atoms with Crippen molar-refractivity contribution in [3.63, 3.8) is 0 Å². The summed E-state index contributed by atoms with van der Waals surface area (Å²) in [7, 11) is 0. The molecule has 0 radical (unpaired) electrons. The van der Waals surface area contributed by atoms with Crippen molar-refractivity contribution in [1.82, 2.24) is 25.5 Å². The van der Waals surface area contributed by atoms with Crippen molar-refractivity contribution in [2.45, 2.75) is 26.8 Å². The molecule has 0 spiro atoms. The lowest BCUT2D eigenvalue weighted by Gasteiger charge is -2.15. The van der Waals surface area contributed by atoms with E-state index in [1.165, 1.54) is 0 Å². The normalized spacial score (nSPS) is 12.0. The molecule has 0 aliphatic heterocycles. The Bertz CT molecular complexity index is 1170. The molecule has 7 nitrogen and oxygen atoms in total. The predicted octanol–water partition coefficient (Wildman–Crippen LogP) is 4.52. The average Bonchev–Trinajstić information content (AvgIpc) is 3.15. The van der Waals surface area contributed by atoms with Gasteiger partial charge in [-0.15, -0.1) is 0 Å². The van der Waals surface area contributed by atoms with E-state index in [-0.39, 0.29) is 12.1 Å². The Labute approximate surface area is 168 Å². The molecule has 0 fully saturated rings. The molecule has 1 atom stereocenters. The number of carbonyl (C=O) groups is 1. The van der Waals surface area contributed by atoms with Crippen LogP contribution in [-0.4, -0.2) is 26.2 Å². The Morgan fingerprint density at radius 3 is 2.66 bits per heavy atom. The van der Waals surface area contributed by atoms with E-state index in [1.807, 2.05) is 63.2 Å². The smallest absolute Gasteiger partial charge is 0.320 e. The van der Waals surface area contributed by atoms with E-state index < -0.39 is 0 Å². The SMILES string of the molecule is Cc1cc(-c2n[nH]c3c(C)c(NC(=O)N[C@H](C)c4ccccc4)ncc23)ccn1.